The molecule has 0 amide bonds. The molecule has 0 N–H and O–H groups in total. The molecule has 1 fully saturated rings. The second-order valence-electron chi connectivity index (χ2n) is 7.07. The monoisotopic (exact) mass is 384 g/mol. The summed E-state index contributed by atoms with van der Waals surface area (Å²) in [6.07, 6.45) is 5.44. The maximum Gasteiger partial charge on any atom is 0.240 e. The smallest absolute Gasteiger partial charge is 0.240 e. The van der Waals surface area contributed by atoms with Gasteiger partial charge in [-0.15, -0.1) is 11.3 Å². The summed E-state index contributed by atoms with van der Waals surface area (Å²) in [5, 5.41) is 7.29. The summed E-state index contributed by atoms with van der Waals surface area (Å²) >= 11 is 1.72. The highest BCUT2D eigenvalue weighted by atomic mass is 32.1. The number of thiazole rings is 1. The van der Waals surface area contributed by atoms with E-state index in [9.17, 15) is 0 Å². The van der Waals surface area contributed by atoms with E-state index in [0.29, 0.717) is 30.9 Å². The molecule has 27 heavy (non-hydrogen) atoms. The van der Waals surface area contributed by atoms with Gasteiger partial charge >= 0.3 is 0 Å². The molecule has 0 saturated carbocycles. The van der Waals surface area contributed by atoms with Crippen LogP contribution in [-0.4, -0.2) is 26.6 Å². The second-order valence-corrected chi connectivity index (χ2v) is 7.99. The van der Waals surface area contributed by atoms with Crippen molar-refractivity contribution in [2.24, 2.45) is 0 Å². The molecule has 1 aliphatic rings. The van der Waals surface area contributed by atoms with Crippen LogP contribution >= 0.6 is 11.3 Å². The lowest BCUT2D eigenvalue weighted by atomic mass is 10.0. The van der Waals surface area contributed by atoms with E-state index in [0.717, 1.165) is 18.7 Å². The highest BCUT2D eigenvalue weighted by Crippen LogP contribution is 2.32. The molecule has 1 aliphatic heterocycles. The van der Waals surface area contributed by atoms with Gasteiger partial charge < -0.3 is 9.26 Å². The minimum absolute atomic E-state index is 0.308. The Bertz CT molecular complexity index is 858. The van der Waals surface area contributed by atoms with E-state index in [-0.39, 0.29) is 0 Å². The molecule has 7 heteroatoms. The molecular formula is C20H24N4O2S. The van der Waals surface area contributed by atoms with E-state index in [4.69, 9.17) is 9.26 Å². The molecule has 0 radical (unpaired) electrons. The Morgan fingerprint density at radius 3 is 2.85 bits per heavy atom. The molecule has 142 valence electrons. The summed E-state index contributed by atoms with van der Waals surface area (Å²) in [7, 11) is 0. The van der Waals surface area contributed by atoms with Crippen molar-refractivity contribution in [1.82, 2.24) is 20.0 Å². The Balaban J connectivity index is 1.38. The van der Waals surface area contributed by atoms with Crippen molar-refractivity contribution in [3.63, 3.8) is 0 Å². The quantitative estimate of drug-likeness (QED) is 0.626. The van der Waals surface area contributed by atoms with Gasteiger partial charge in [-0.1, -0.05) is 17.6 Å². The van der Waals surface area contributed by atoms with Crippen molar-refractivity contribution < 1.29 is 9.26 Å². The van der Waals surface area contributed by atoms with E-state index in [1.54, 1.807) is 11.3 Å². The first kappa shape index (κ1) is 18.1. The van der Waals surface area contributed by atoms with Gasteiger partial charge in [-0.3, -0.25) is 4.90 Å². The first-order valence-electron chi connectivity index (χ1n) is 9.33. The van der Waals surface area contributed by atoms with E-state index < -0.39 is 0 Å². The van der Waals surface area contributed by atoms with E-state index in [1.807, 2.05) is 23.7 Å². The second kappa shape index (κ2) is 8.19. The highest BCUT2D eigenvalue weighted by Gasteiger charge is 2.27. The number of aryl methyl sites for hydroxylation is 2. The van der Waals surface area contributed by atoms with E-state index >= 15 is 0 Å². The van der Waals surface area contributed by atoms with Crippen molar-refractivity contribution >= 4 is 11.3 Å². The van der Waals surface area contributed by atoms with Gasteiger partial charge in [0.1, 0.15) is 10.8 Å². The van der Waals surface area contributed by atoms with Crippen LogP contribution in [0.3, 0.4) is 0 Å². The van der Waals surface area contributed by atoms with Crippen LogP contribution in [0, 0.1) is 13.8 Å². The fourth-order valence-electron chi connectivity index (χ4n) is 3.61. The van der Waals surface area contributed by atoms with Gasteiger partial charge in [-0.25, -0.2) is 4.98 Å². The molecule has 2 aromatic heterocycles. The zero-order valence-electron chi connectivity index (χ0n) is 15.7. The first-order valence-corrected chi connectivity index (χ1v) is 10.2. The van der Waals surface area contributed by atoms with Crippen molar-refractivity contribution in [2.45, 2.75) is 52.3 Å². The average Bonchev–Trinajstić information content (AvgIpc) is 3.32. The van der Waals surface area contributed by atoms with E-state index in [1.165, 1.54) is 29.0 Å². The fraction of sp³-hybridized carbons (Fsp3) is 0.450. The molecule has 3 aromatic rings. The maximum atomic E-state index is 5.83. The lowest BCUT2D eigenvalue weighted by Crippen LogP contribution is -2.33. The number of hydrogen-bond acceptors (Lipinski definition) is 7. The summed E-state index contributed by atoms with van der Waals surface area (Å²) in [5.41, 5.74) is 2.36. The van der Waals surface area contributed by atoms with Crippen molar-refractivity contribution in [2.75, 3.05) is 6.54 Å². The van der Waals surface area contributed by atoms with Gasteiger partial charge in [0, 0.05) is 11.6 Å². The topological polar surface area (TPSA) is 64.3 Å². The first-order chi connectivity index (χ1) is 13.2. The van der Waals surface area contributed by atoms with Gasteiger partial charge in [0.05, 0.1) is 12.6 Å². The van der Waals surface area contributed by atoms with Crippen LogP contribution in [0.4, 0.5) is 0 Å². The molecule has 0 spiro atoms. The molecule has 0 aliphatic carbocycles. The SMILES string of the molecule is Cc1cc(C)cc(OCc2noc(CN3CCCCC3c3nccs3)n2)c1. The van der Waals surface area contributed by atoms with Crippen molar-refractivity contribution in [3.05, 3.63) is 57.6 Å². The molecule has 4 rings (SSSR count). The van der Waals surface area contributed by atoms with Gasteiger partial charge in [0.25, 0.3) is 0 Å². The normalized spacial score (nSPS) is 17.9. The Morgan fingerprint density at radius 1 is 1.22 bits per heavy atom. The Hall–Kier alpha value is -2.25. The third-order valence-electron chi connectivity index (χ3n) is 4.76. The number of aromatic nitrogens is 3. The fourth-order valence-corrected chi connectivity index (χ4v) is 4.42. The summed E-state index contributed by atoms with van der Waals surface area (Å²) in [4.78, 5) is 11.4. The van der Waals surface area contributed by atoms with Crippen LogP contribution in [0.15, 0.2) is 34.3 Å². The number of likely N-dealkylation sites (tertiary alicyclic amines) is 1. The molecule has 0 bridgehead atoms. The Labute approximate surface area is 163 Å². The van der Waals surface area contributed by atoms with Gasteiger partial charge in [0.15, 0.2) is 6.61 Å². The number of nitrogens with zero attached hydrogens (tertiary/aromatic N) is 4. The summed E-state index contributed by atoms with van der Waals surface area (Å²) in [5.74, 6) is 2.04. The zero-order valence-corrected chi connectivity index (χ0v) is 16.5. The molecule has 1 saturated heterocycles. The number of rotatable bonds is 6. The number of hydrogen-bond donors (Lipinski definition) is 0. The predicted molar refractivity (Wildman–Crippen MR) is 104 cm³/mol. The number of benzene rings is 1. The highest BCUT2D eigenvalue weighted by molar-refractivity contribution is 7.09. The standard InChI is InChI=1S/C20H24N4O2S/c1-14-9-15(2)11-16(10-14)25-13-18-22-19(26-23-18)12-24-7-4-3-5-17(24)20-21-6-8-27-20/h6,8-11,17H,3-5,7,12-13H2,1-2H3. The average molecular weight is 385 g/mol. The van der Waals surface area contributed by atoms with Gasteiger partial charge in [-0.2, -0.15) is 4.98 Å². The summed E-state index contributed by atoms with van der Waals surface area (Å²) in [6, 6.07) is 6.50. The molecule has 1 unspecified atom stereocenters. The van der Waals surface area contributed by atoms with Crippen LogP contribution in [0.2, 0.25) is 0 Å². The predicted octanol–water partition coefficient (Wildman–Crippen LogP) is 4.45. The molecule has 6 nitrogen and oxygen atoms in total. The molecular weight excluding hydrogens is 360 g/mol. The van der Waals surface area contributed by atoms with Crippen molar-refractivity contribution in [1.29, 1.82) is 0 Å². The van der Waals surface area contributed by atoms with E-state index in [2.05, 4.69) is 39.9 Å². The zero-order chi connectivity index (χ0) is 18.6. The van der Waals surface area contributed by atoms with Crippen LogP contribution in [0.25, 0.3) is 0 Å². The Morgan fingerprint density at radius 2 is 2.07 bits per heavy atom. The summed E-state index contributed by atoms with van der Waals surface area (Å²) < 4.78 is 11.3. The third kappa shape index (κ3) is 4.54. The number of piperidine rings is 1. The largest absolute Gasteiger partial charge is 0.485 e. The minimum Gasteiger partial charge on any atom is -0.485 e. The molecule has 3 heterocycles. The van der Waals surface area contributed by atoms with Gasteiger partial charge in [0.2, 0.25) is 11.7 Å². The Kier molecular flexibility index (Phi) is 5.50. The van der Waals surface area contributed by atoms with Gasteiger partial charge in [-0.05, 0) is 56.5 Å². The van der Waals surface area contributed by atoms with Crippen molar-refractivity contribution in [3.8, 4) is 5.75 Å². The van der Waals surface area contributed by atoms with Crippen LogP contribution in [0.1, 0.15) is 53.2 Å². The molecule has 1 aromatic carbocycles. The van der Waals surface area contributed by atoms with Crippen LogP contribution in [0.5, 0.6) is 5.75 Å². The van der Waals surface area contributed by atoms with Crippen LogP contribution in [-0.2, 0) is 13.2 Å². The minimum atomic E-state index is 0.308. The maximum absolute atomic E-state index is 5.83. The summed E-state index contributed by atoms with van der Waals surface area (Å²) in [6.45, 7) is 6.11. The lowest BCUT2D eigenvalue weighted by molar-refractivity contribution is 0.123. The molecule has 1 atom stereocenters. The third-order valence-corrected chi connectivity index (χ3v) is 5.64. The number of ether oxygens (including phenoxy) is 1. The lowest BCUT2D eigenvalue weighted by Gasteiger charge is -2.33. The van der Waals surface area contributed by atoms with Crippen LogP contribution < -0.4 is 4.74 Å².